The first-order chi connectivity index (χ1) is 31.6. The molecule has 14 N–H and O–H groups in total. The molecule has 8 atom stereocenters. The number of nitrogens with one attached hydrogen (secondary N) is 6. The van der Waals surface area contributed by atoms with Gasteiger partial charge in [-0.25, -0.2) is 0 Å². The minimum absolute atomic E-state index is 0.0323. The van der Waals surface area contributed by atoms with Gasteiger partial charge in [-0.3, -0.25) is 52.7 Å². The zero-order valence-electron chi connectivity index (χ0n) is 38.0. The lowest BCUT2D eigenvalue weighted by molar-refractivity contribution is -0.143. The Balaban J connectivity index is 1.75. The number of primary amides is 1. The largest absolute Gasteiger partial charge is 0.481 e. The van der Waals surface area contributed by atoms with E-state index >= 15 is 0 Å². The van der Waals surface area contributed by atoms with Gasteiger partial charge in [0, 0.05) is 19.5 Å². The first-order valence-electron chi connectivity index (χ1n) is 22.3. The van der Waals surface area contributed by atoms with Crippen molar-refractivity contribution in [2.24, 2.45) is 23.1 Å². The van der Waals surface area contributed by atoms with Gasteiger partial charge in [-0.1, -0.05) is 44.2 Å². The summed E-state index contributed by atoms with van der Waals surface area (Å²) in [5, 5.41) is 33.6. The summed E-state index contributed by atoms with van der Waals surface area (Å²) >= 11 is 0. The van der Waals surface area contributed by atoms with E-state index in [9.17, 15) is 57.8 Å². The standard InChI is InChI=1S/C43H65N11O13/c1-23(2)35(52-37(61)27(13-7-8-16-44)49-40(64)31-15-10-17-53(31)42(66)26(45)20-32(46)55)41(65)50-28(21-33(56)57)38(62)48-24(3)36(60)51-29(19-25-11-5-4-6-12-25)43(67)54-18-9-14-30(54)39(63)47-22-34(58)59/h4-6,11-12,23-24,26-31,35H,7-10,13-22,44-45H2,1-3H3,(H2,46,55)(H,47,63)(H,48,62)(H,49,64)(H,50,65)(H,51,60)(H,52,61)(H,56,57)(H,58,59). The number of nitrogens with zero attached hydrogens (tertiary/aromatic N) is 2. The topological polar surface area (TPSA) is 385 Å². The van der Waals surface area contributed by atoms with Crippen molar-refractivity contribution >= 4 is 65.1 Å². The monoisotopic (exact) mass is 943 g/mol. The van der Waals surface area contributed by atoms with Crippen molar-refractivity contribution in [2.75, 3.05) is 26.2 Å². The molecule has 1 aromatic carbocycles. The summed E-state index contributed by atoms with van der Waals surface area (Å²) in [7, 11) is 0. The molecule has 2 saturated heterocycles. The summed E-state index contributed by atoms with van der Waals surface area (Å²) in [6.45, 7) is 4.35. The number of aliphatic carboxylic acids is 2. The number of carbonyl (C=O) groups excluding carboxylic acids is 9. The van der Waals surface area contributed by atoms with Crippen LogP contribution in [0.25, 0.3) is 0 Å². The fraction of sp³-hybridized carbons (Fsp3) is 0.605. The van der Waals surface area contributed by atoms with Gasteiger partial charge < -0.3 is 69.1 Å². The number of rotatable bonds is 26. The molecule has 2 aliphatic heterocycles. The Labute approximate surface area is 387 Å². The molecule has 0 aliphatic carbocycles. The highest BCUT2D eigenvalue weighted by atomic mass is 16.4. The minimum Gasteiger partial charge on any atom is -0.481 e. The van der Waals surface area contributed by atoms with Crippen molar-refractivity contribution in [2.45, 2.75) is 133 Å². The number of likely N-dealkylation sites (tertiary alicyclic amines) is 2. The van der Waals surface area contributed by atoms with Gasteiger partial charge in [-0.15, -0.1) is 0 Å². The highest BCUT2D eigenvalue weighted by Crippen LogP contribution is 2.21. The molecular weight excluding hydrogens is 879 g/mol. The normalized spacial score (nSPS) is 18.3. The van der Waals surface area contributed by atoms with E-state index in [1.54, 1.807) is 44.2 Å². The van der Waals surface area contributed by atoms with Gasteiger partial charge in [0.25, 0.3) is 0 Å². The van der Waals surface area contributed by atoms with Crippen molar-refractivity contribution in [1.82, 2.24) is 41.7 Å². The Morgan fingerprint density at radius 3 is 1.82 bits per heavy atom. The summed E-state index contributed by atoms with van der Waals surface area (Å²) in [6.07, 6.45) is 0.877. The van der Waals surface area contributed by atoms with E-state index in [2.05, 4.69) is 31.9 Å². The Hall–Kier alpha value is -6.69. The van der Waals surface area contributed by atoms with Crippen LogP contribution >= 0.6 is 0 Å². The smallest absolute Gasteiger partial charge is 0.322 e. The molecule has 67 heavy (non-hydrogen) atoms. The average Bonchev–Trinajstić information content (AvgIpc) is 3.97. The highest BCUT2D eigenvalue weighted by molar-refractivity contribution is 5.99. The average molecular weight is 944 g/mol. The summed E-state index contributed by atoms with van der Waals surface area (Å²) in [5.74, 6) is -10.6. The molecule has 2 aliphatic rings. The molecule has 2 fully saturated rings. The van der Waals surface area contributed by atoms with Crippen molar-refractivity contribution in [3.63, 3.8) is 0 Å². The molecule has 24 heteroatoms. The third-order valence-electron chi connectivity index (χ3n) is 11.3. The van der Waals surface area contributed by atoms with E-state index in [0.29, 0.717) is 31.2 Å². The van der Waals surface area contributed by atoms with E-state index < -0.39 is 139 Å². The Bertz CT molecular complexity index is 1970. The second-order valence-electron chi connectivity index (χ2n) is 17.0. The summed E-state index contributed by atoms with van der Waals surface area (Å²) in [6, 6.07) is -1.74. The molecule has 2 heterocycles. The maximum absolute atomic E-state index is 14.0. The van der Waals surface area contributed by atoms with Crippen LogP contribution in [-0.2, 0) is 59.2 Å². The first-order valence-corrected chi connectivity index (χ1v) is 22.3. The summed E-state index contributed by atoms with van der Waals surface area (Å²) < 4.78 is 0. The minimum atomic E-state index is -1.78. The van der Waals surface area contributed by atoms with Crippen LogP contribution in [-0.4, -0.2) is 160 Å². The van der Waals surface area contributed by atoms with Gasteiger partial charge in [0.2, 0.25) is 53.2 Å². The lowest BCUT2D eigenvalue weighted by Gasteiger charge is -2.30. The van der Waals surface area contributed by atoms with E-state index in [4.69, 9.17) is 22.3 Å². The fourth-order valence-electron chi connectivity index (χ4n) is 7.79. The summed E-state index contributed by atoms with van der Waals surface area (Å²) in [5.41, 5.74) is 17.4. The Morgan fingerprint density at radius 2 is 1.25 bits per heavy atom. The number of hydrogen-bond acceptors (Lipinski definition) is 13. The molecule has 1 aromatic rings. The third-order valence-corrected chi connectivity index (χ3v) is 11.3. The fourth-order valence-corrected chi connectivity index (χ4v) is 7.79. The van der Waals surface area contributed by atoms with Gasteiger partial charge in [-0.05, 0) is 69.9 Å². The van der Waals surface area contributed by atoms with Crippen molar-refractivity contribution in [3.05, 3.63) is 35.9 Å². The Morgan fingerprint density at radius 1 is 0.672 bits per heavy atom. The maximum atomic E-state index is 14.0. The molecule has 0 saturated carbocycles. The first kappa shape index (κ1) is 54.6. The molecule has 0 radical (unpaired) electrons. The van der Waals surface area contributed by atoms with E-state index in [0.717, 1.165) is 0 Å². The van der Waals surface area contributed by atoms with E-state index in [1.807, 2.05) is 0 Å². The van der Waals surface area contributed by atoms with Crippen LogP contribution in [0, 0.1) is 5.92 Å². The van der Waals surface area contributed by atoms with E-state index in [1.165, 1.54) is 16.7 Å². The second-order valence-corrected chi connectivity index (χ2v) is 17.0. The van der Waals surface area contributed by atoms with Crippen LogP contribution in [0.4, 0.5) is 0 Å². The number of hydrogen-bond donors (Lipinski definition) is 11. The van der Waals surface area contributed by atoms with Gasteiger partial charge in [0.05, 0.1) is 18.9 Å². The van der Waals surface area contributed by atoms with Gasteiger partial charge in [0.1, 0.15) is 48.8 Å². The maximum Gasteiger partial charge on any atom is 0.322 e. The Kier molecular flexibility index (Phi) is 21.6. The number of benzene rings is 1. The molecule has 370 valence electrons. The lowest BCUT2D eigenvalue weighted by Crippen LogP contribution is -2.61. The van der Waals surface area contributed by atoms with E-state index in [-0.39, 0.29) is 45.3 Å². The molecule has 24 nitrogen and oxygen atoms in total. The molecule has 3 rings (SSSR count). The molecular formula is C43H65N11O13. The number of carboxylic acids is 2. The molecule has 0 spiro atoms. The molecule has 0 bridgehead atoms. The van der Waals surface area contributed by atoms with Crippen molar-refractivity contribution in [1.29, 1.82) is 0 Å². The third kappa shape index (κ3) is 16.9. The zero-order chi connectivity index (χ0) is 50.0. The van der Waals surface area contributed by atoms with Crippen LogP contribution in [0.3, 0.4) is 0 Å². The van der Waals surface area contributed by atoms with Gasteiger partial charge >= 0.3 is 11.9 Å². The van der Waals surface area contributed by atoms with Crippen LogP contribution in [0.1, 0.15) is 84.1 Å². The number of carbonyl (C=O) groups is 11. The van der Waals surface area contributed by atoms with Crippen LogP contribution < -0.4 is 49.1 Å². The zero-order valence-corrected chi connectivity index (χ0v) is 38.0. The number of carboxylic acid groups (broad SMARTS) is 2. The predicted octanol–water partition coefficient (Wildman–Crippen LogP) is -3.68. The molecule has 9 amide bonds. The van der Waals surface area contributed by atoms with Crippen LogP contribution in [0.2, 0.25) is 0 Å². The van der Waals surface area contributed by atoms with Crippen molar-refractivity contribution in [3.8, 4) is 0 Å². The van der Waals surface area contributed by atoms with Gasteiger partial charge in [-0.2, -0.15) is 0 Å². The van der Waals surface area contributed by atoms with Gasteiger partial charge in [0.15, 0.2) is 0 Å². The number of amides is 9. The summed E-state index contributed by atoms with van der Waals surface area (Å²) in [4.78, 5) is 145. The SMILES string of the molecule is CC(NC(=O)C(CC(=O)O)NC(=O)C(NC(=O)C(CCCCN)NC(=O)C1CCCN1C(=O)C(N)CC(N)=O)C(C)C)C(=O)NC(Cc1ccccc1)C(=O)N1CCCC1C(=O)NCC(=O)O. The second kappa shape index (κ2) is 26.5. The molecule has 0 aromatic heterocycles. The number of nitrogens with two attached hydrogens (primary N) is 3. The highest BCUT2D eigenvalue weighted by Gasteiger charge is 2.41. The van der Waals surface area contributed by atoms with Crippen molar-refractivity contribution < 1.29 is 63.0 Å². The van der Waals surface area contributed by atoms with Crippen LogP contribution in [0.15, 0.2) is 30.3 Å². The lowest BCUT2D eigenvalue weighted by atomic mass is 10.0. The molecule has 8 unspecified atom stereocenters. The predicted molar refractivity (Wildman–Crippen MR) is 237 cm³/mol. The number of unbranched alkanes of at least 4 members (excludes halogenated alkanes) is 1. The quantitative estimate of drug-likeness (QED) is 0.0399. The van der Waals surface area contributed by atoms with Crippen LogP contribution in [0.5, 0.6) is 0 Å².